The van der Waals surface area contributed by atoms with Crippen molar-refractivity contribution in [2.45, 2.75) is 27.4 Å². The molecule has 0 aliphatic heterocycles. The van der Waals surface area contributed by atoms with Crippen LogP contribution in [0.5, 0.6) is 5.75 Å². The third-order valence-electron chi connectivity index (χ3n) is 4.60. The number of nitrogens with zero attached hydrogens (tertiary/aromatic N) is 3. The van der Waals surface area contributed by atoms with Crippen LogP contribution in [-0.4, -0.2) is 14.7 Å². The number of nitro groups is 1. The summed E-state index contributed by atoms with van der Waals surface area (Å²) in [4.78, 5) is 10.8. The normalized spacial score (nSPS) is 10.9. The third-order valence-corrected chi connectivity index (χ3v) is 4.60. The summed E-state index contributed by atoms with van der Waals surface area (Å²) in [6.07, 6.45) is 0. The van der Waals surface area contributed by atoms with E-state index in [1.807, 2.05) is 32.0 Å². The van der Waals surface area contributed by atoms with E-state index < -0.39 is 4.92 Å². The Morgan fingerprint density at radius 2 is 1.93 bits per heavy atom. The minimum Gasteiger partial charge on any atom is -0.488 e. The lowest BCUT2D eigenvalue weighted by Crippen LogP contribution is -2.03. The first-order chi connectivity index (χ1) is 12.8. The molecule has 0 saturated carbocycles. The Bertz CT molecular complexity index is 1030. The lowest BCUT2D eigenvalue weighted by Gasteiger charge is -2.12. The number of aryl methyl sites for hydroxylation is 3. The fourth-order valence-electron chi connectivity index (χ4n) is 3.04. The first-order valence-corrected chi connectivity index (χ1v) is 8.45. The van der Waals surface area contributed by atoms with Crippen molar-refractivity contribution < 1.29 is 14.1 Å². The monoisotopic (exact) mass is 369 g/mol. The predicted molar refractivity (Wildman–Crippen MR) is 100 cm³/mol. The number of hydrogen-bond acceptors (Lipinski definition) is 4. The topological polar surface area (TPSA) is 70.2 Å². The average molecular weight is 369 g/mol. The maximum Gasteiger partial charge on any atom is 0.276 e. The van der Waals surface area contributed by atoms with Crippen molar-refractivity contribution in [2.24, 2.45) is 7.05 Å². The van der Waals surface area contributed by atoms with E-state index >= 15 is 0 Å². The van der Waals surface area contributed by atoms with Gasteiger partial charge in [-0.05, 0) is 50.1 Å². The van der Waals surface area contributed by atoms with E-state index in [1.165, 1.54) is 10.7 Å². The number of aromatic nitrogens is 2. The van der Waals surface area contributed by atoms with Crippen LogP contribution in [0.3, 0.4) is 0 Å². The van der Waals surface area contributed by atoms with E-state index in [-0.39, 0.29) is 18.2 Å². The number of benzene rings is 2. The number of nitro benzene ring substituents is 1. The molecular formula is C20H20FN3O3. The zero-order valence-corrected chi connectivity index (χ0v) is 15.6. The highest BCUT2D eigenvalue weighted by Crippen LogP contribution is 2.30. The predicted octanol–water partition coefficient (Wildman–Crippen LogP) is 4.64. The zero-order valence-electron chi connectivity index (χ0n) is 15.6. The van der Waals surface area contributed by atoms with Gasteiger partial charge in [0, 0.05) is 24.2 Å². The van der Waals surface area contributed by atoms with Crippen molar-refractivity contribution in [2.75, 3.05) is 0 Å². The summed E-state index contributed by atoms with van der Waals surface area (Å²) in [5.41, 5.74) is 4.10. The Hall–Kier alpha value is -3.22. The van der Waals surface area contributed by atoms with Gasteiger partial charge in [-0.25, -0.2) is 4.68 Å². The van der Waals surface area contributed by atoms with Gasteiger partial charge in [0.25, 0.3) is 5.69 Å². The summed E-state index contributed by atoms with van der Waals surface area (Å²) in [5.74, 6) is 0.250. The van der Waals surface area contributed by atoms with E-state index in [9.17, 15) is 14.5 Å². The van der Waals surface area contributed by atoms with Crippen LogP contribution < -0.4 is 4.74 Å². The molecule has 0 unspecified atom stereocenters. The van der Waals surface area contributed by atoms with Gasteiger partial charge in [-0.1, -0.05) is 12.1 Å². The van der Waals surface area contributed by atoms with E-state index in [1.54, 1.807) is 26.1 Å². The Morgan fingerprint density at radius 1 is 1.19 bits per heavy atom. The minimum absolute atomic E-state index is 0.0452. The molecule has 0 radical (unpaired) electrons. The SMILES string of the molecule is Cc1cc(-c2nn(C)c(F)c2C)ccc1OCc1c(C)cccc1[N+](=O)[O-]. The van der Waals surface area contributed by atoms with E-state index in [0.717, 1.165) is 16.7 Å². The fourth-order valence-corrected chi connectivity index (χ4v) is 3.04. The van der Waals surface area contributed by atoms with Crippen LogP contribution in [0.15, 0.2) is 36.4 Å². The number of ether oxygens (including phenoxy) is 1. The summed E-state index contributed by atoms with van der Waals surface area (Å²) < 4.78 is 20.9. The third kappa shape index (κ3) is 3.53. The van der Waals surface area contributed by atoms with Crippen molar-refractivity contribution in [3.05, 3.63) is 74.7 Å². The molecule has 1 heterocycles. The van der Waals surface area contributed by atoms with Crippen molar-refractivity contribution in [1.29, 1.82) is 0 Å². The van der Waals surface area contributed by atoms with Crippen LogP contribution in [0.4, 0.5) is 10.1 Å². The van der Waals surface area contributed by atoms with Gasteiger partial charge in [0.2, 0.25) is 5.95 Å². The van der Waals surface area contributed by atoms with Gasteiger partial charge in [-0.2, -0.15) is 9.49 Å². The van der Waals surface area contributed by atoms with Crippen LogP contribution in [0, 0.1) is 36.8 Å². The van der Waals surface area contributed by atoms with E-state index in [4.69, 9.17) is 4.74 Å². The highest BCUT2D eigenvalue weighted by Gasteiger charge is 2.17. The first-order valence-electron chi connectivity index (χ1n) is 8.45. The molecule has 7 heteroatoms. The van der Waals surface area contributed by atoms with Gasteiger partial charge in [-0.3, -0.25) is 10.1 Å². The van der Waals surface area contributed by atoms with Crippen LogP contribution >= 0.6 is 0 Å². The number of rotatable bonds is 5. The molecule has 0 aliphatic carbocycles. The Morgan fingerprint density at radius 3 is 2.52 bits per heavy atom. The second-order valence-corrected chi connectivity index (χ2v) is 6.49. The fraction of sp³-hybridized carbons (Fsp3) is 0.250. The standard InChI is InChI=1S/C20H20FN3O3/c1-12-6-5-7-17(24(25)26)16(12)11-27-18-9-8-15(10-13(18)2)19-14(3)20(21)23(4)22-19/h5-10H,11H2,1-4H3. The molecule has 27 heavy (non-hydrogen) atoms. The summed E-state index contributed by atoms with van der Waals surface area (Å²) in [5, 5.41) is 15.4. The lowest BCUT2D eigenvalue weighted by atomic mass is 10.1. The molecule has 1 aromatic heterocycles. The molecule has 0 bridgehead atoms. The smallest absolute Gasteiger partial charge is 0.276 e. The number of hydrogen-bond donors (Lipinski definition) is 0. The van der Waals surface area contributed by atoms with E-state index in [2.05, 4.69) is 5.10 Å². The number of halogens is 1. The van der Waals surface area contributed by atoms with E-state index in [0.29, 0.717) is 22.6 Å². The highest BCUT2D eigenvalue weighted by molar-refractivity contribution is 5.65. The molecule has 0 atom stereocenters. The van der Waals surface area contributed by atoms with Crippen LogP contribution in [0.2, 0.25) is 0 Å². The second-order valence-electron chi connectivity index (χ2n) is 6.49. The maximum absolute atomic E-state index is 13.9. The largest absolute Gasteiger partial charge is 0.488 e. The molecule has 140 valence electrons. The Kier molecular flexibility index (Phi) is 4.94. The quantitative estimate of drug-likeness (QED) is 0.485. The van der Waals surface area contributed by atoms with Crippen LogP contribution in [-0.2, 0) is 13.7 Å². The minimum atomic E-state index is -0.403. The van der Waals surface area contributed by atoms with Gasteiger partial charge >= 0.3 is 0 Å². The molecular weight excluding hydrogens is 349 g/mol. The lowest BCUT2D eigenvalue weighted by molar-refractivity contribution is -0.385. The Labute approximate surface area is 156 Å². The molecule has 0 spiro atoms. The molecule has 0 N–H and O–H groups in total. The Balaban J connectivity index is 1.86. The van der Waals surface area contributed by atoms with Gasteiger partial charge in [0.05, 0.1) is 16.2 Å². The van der Waals surface area contributed by atoms with Crippen molar-refractivity contribution >= 4 is 5.69 Å². The molecule has 2 aromatic carbocycles. The summed E-state index contributed by atoms with van der Waals surface area (Å²) in [7, 11) is 1.56. The molecule has 0 saturated heterocycles. The molecule has 3 rings (SSSR count). The summed E-state index contributed by atoms with van der Waals surface area (Å²) >= 11 is 0. The zero-order chi connectivity index (χ0) is 19.7. The van der Waals surface area contributed by atoms with Crippen molar-refractivity contribution in [3.63, 3.8) is 0 Å². The molecule has 0 amide bonds. The molecule has 6 nitrogen and oxygen atoms in total. The van der Waals surface area contributed by atoms with Gasteiger partial charge in [0.1, 0.15) is 12.4 Å². The van der Waals surface area contributed by atoms with Crippen LogP contribution in [0.25, 0.3) is 11.3 Å². The average Bonchev–Trinajstić information content (AvgIpc) is 2.88. The van der Waals surface area contributed by atoms with Crippen molar-refractivity contribution in [3.8, 4) is 17.0 Å². The van der Waals surface area contributed by atoms with Gasteiger partial charge in [-0.15, -0.1) is 0 Å². The molecule has 3 aromatic rings. The van der Waals surface area contributed by atoms with Crippen molar-refractivity contribution in [1.82, 2.24) is 9.78 Å². The molecule has 0 fully saturated rings. The summed E-state index contributed by atoms with van der Waals surface area (Å²) in [6, 6.07) is 10.4. The van der Waals surface area contributed by atoms with Gasteiger partial charge in [0.15, 0.2) is 0 Å². The first kappa shape index (κ1) is 18.6. The van der Waals surface area contributed by atoms with Gasteiger partial charge < -0.3 is 4.74 Å². The second kappa shape index (κ2) is 7.19. The van der Waals surface area contributed by atoms with Crippen LogP contribution in [0.1, 0.15) is 22.3 Å². The molecule has 0 aliphatic rings. The highest BCUT2D eigenvalue weighted by atomic mass is 19.1. The maximum atomic E-state index is 13.9. The summed E-state index contributed by atoms with van der Waals surface area (Å²) in [6.45, 7) is 5.48.